The van der Waals surface area contributed by atoms with E-state index < -0.39 is 0 Å². The van der Waals surface area contributed by atoms with Crippen LogP contribution in [0.5, 0.6) is 0 Å². The first-order valence-corrected chi connectivity index (χ1v) is 15.2. The first-order chi connectivity index (χ1) is 19.9. The Kier molecular flexibility index (Phi) is 7.71. The lowest BCUT2D eigenvalue weighted by molar-refractivity contribution is -0.138. The number of hydrogen-bond donors (Lipinski definition) is 0. The zero-order valence-electron chi connectivity index (χ0n) is 24.6. The van der Waals surface area contributed by atoms with Gasteiger partial charge in [0, 0.05) is 94.5 Å². The molecule has 1 aliphatic carbocycles. The van der Waals surface area contributed by atoms with Gasteiger partial charge in [-0.05, 0) is 51.8 Å². The third-order valence-corrected chi connectivity index (χ3v) is 9.43. The van der Waals surface area contributed by atoms with Crippen LogP contribution in [-0.4, -0.2) is 88.3 Å². The van der Waals surface area contributed by atoms with E-state index in [4.69, 9.17) is 16.3 Å². The molecular weight excluding hydrogens is 514 g/mol. The molecule has 0 atom stereocenters. The highest BCUT2D eigenvalue weighted by molar-refractivity contribution is 5.81. The highest BCUT2D eigenvalue weighted by Gasteiger charge is 2.43. The predicted molar refractivity (Wildman–Crippen MR) is 161 cm³/mol. The monoisotopic (exact) mass is 556 g/mol. The SMILES string of the molecule is C#[N+][C@H]1C[C@H](C(=O)N2CCN(c3ccnn4cc(-c5ccc(C6(OCC)CCN(C(C)C)CC6)cn5)cc34)CC2)C1. The number of amides is 1. The van der Waals surface area contributed by atoms with Crippen molar-refractivity contribution in [3.05, 3.63) is 53.3 Å². The van der Waals surface area contributed by atoms with Crippen molar-refractivity contribution in [2.75, 3.05) is 50.8 Å². The largest absolute Gasteiger partial charge is 0.370 e. The maximum Gasteiger partial charge on any atom is 0.273 e. The Labute approximate surface area is 242 Å². The summed E-state index contributed by atoms with van der Waals surface area (Å²) in [5.41, 5.74) is 5.04. The summed E-state index contributed by atoms with van der Waals surface area (Å²) in [7, 11) is 0. The van der Waals surface area contributed by atoms with Gasteiger partial charge in [-0.1, -0.05) is 10.9 Å². The molecule has 41 heavy (non-hydrogen) atoms. The molecule has 0 unspecified atom stereocenters. The molecule has 216 valence electrons. The Balaban J connectivity index is 1.16. The highest BCUT2D eigenvalue weighted by atomic mass is 16.5. The van der Waals surface area contributed by atoms with Crippen molar-refractivity contribution in [3.8, 4) is 17.8 Å². The van der Waals surface area contributed by atoms with Crippen LogP contribution in [0.3, 0.4) is 0 Å². The molecule has 0 bridgehead atoms. The summed E-state index contributed by atoms with van der Waals surface area (Å²) in [5, 5.41) is 4.58. The Morgan fingerprint density at radius 1 is 1.12 bits per heavy atom. The number of rotatable bonds is 7. The molecule has 0 N–H and O–H groups in total. The second-order valence-electron chi connectivity index (χ2n) is 12.0. The van der Waals surface area contributed by atoms with Gasteiger partial charge < -0.3 is 19.4 Å². The minimum atomic E-state index is -0.268. The summed E-state index contributed by atoms with van der Waals surface area (Å²) < 4.78 is 8.33. The average Bonchev–Trinajstić information content (AvgIpc) is 3.42. The number of ether oxygens (including phenoxy) is 1. The van der Waals surface area contributed by atoms with Crippen molar-refractivity contribution in [2.24, 2.45) is 5.92 Å². The smallest absolute Gasteiger partial charge is 0.273 e. The number of likely N-dealkylation sites (tertiary alicyclic amines) is 1. The first kappa shape index (κ1) is 27.7. The quantitative estimate of drug-likeness (QED) is 0.426. The standard InChI is InChI=1S/C32H42N7O2/c1-5-41-32(9-12-36(13-10-32)23(2)3)26-6-7-28(34-21-26)25-20-30-29(8-11-35-39(30)22-25)37-14-16-38(17-15-37)31(40)24-18-27(19-24)33-4/h4,6-8,11,20-24,27H,5,9-10,12-19H2,1-3H3/q+1/t24-,27-. The van der Waals surface area contributed by atoms with Gasteiger partial charge in [0.25, 0.3) is 12.6 Å². The third-order valence-electron chi connectivity index (χ3n) is 9.43. The fourth-order valence-corrected chi connectivity index (χ4v) is 6.77. The lowest BCUT2D eigenvalue weighted by Crippen LogP contribution is -2.52. The number of nitrogens with zero attached hydrogens (tertiary/aromatic N) is 7. The Morgan fingerprint density at radius 3 is 2.51 bits per heavy atom. The zero-order chi connectivity index (χ0) is 28.6. The van der Waals surface area contributed by atoms with Gasteiger partial charge in [-0.3, -0.25) is 9.78 Å². The van der Waals surface area contributed by atoms with Gasteiger partial charge in [0.2, 0.25) is 5.91 Å². The molecule has 0 spiro atoms. The fourth-order valence-electron chi connectivity index (χ4n) is 6.77. The minimum absolute atomic E-state index is 0.0785. The van der Waals surface area contributed by atoms with Crippen LogP contribution in [-0.2, 0) is 15.1 Å². The number of anilines is 1. The second kappa shape index (κ2) is 11.4. The van der Waals surface area contributed by atoms with E-state index in [1.807, 2.05) is 21.8 Å². The molecule has 2 aliphatic heterocycles. The number of piperazine rings is 1. The van der Waals surface area contributed by atoms with E-state index in [2.05, 4.69) is 71.0 Å². The fraction of sp³-hybridized carbons (Fsp3) is 0.562. The van der Waals surface area contributed by atoms with Crippen LogP contribution in [0.2, 0.25) is 0 Å². The van der Waals surface area contributed by atoms with Crippen LogP contribution in [0.15, 0.2) is 42.9 Å². The summed E-state index contributed by atoms with van der Waals surface area (Å²) in [6, 6.07) is 9.26. The van der Waals surface area contributed by atoms with Gasteiger partial charge in [0.05, 0.1) is 28.4 Å². The van der Waals surface area contributed by atoms with Crippen molar-refractivity contribution in [2.45, 2.75) is 64.1 Å². The van der Waals surface area contributed by atoms with E-state index in [9.17, 15) is 4.79 Å². The number of pyridine rings is 1. The molecule has 5 heterocycles. The molecule has 3 aromatic heterocycles. The number of hydrogen-bond acceptors (Lipinski definition) is 6. The van der Waals surface area contributed by atoms with Gasteiger partial charge in [-0.25, -0.2) is 4.52 Å². The summed E-state index contributed by atoms with van der Waals surface area (Å²) in [6.07, 6.45) is 9.43. The maximum absolute atomic E-state index is 12.9. The number of fused-ring (bicyclic) bond motifs is 1. The van der Waals surface area contributed by atoms with E-state index in [0.29, 0.717) is 12.6 Å². The minimum Gasteiger partial charge on any atom is -0.370 e. The molecular formula is C32H42N7O2+. The van der Waals surface area contributed by atoms with Crippen molar-refractivity contribution in [3.63, 3.8) is 0 Å². The summed E-state index contributed by atoms with van der Waals surface area (Å²) in [6.45, 7) is 17.8. The van der Waals surface area contributed by atoms with E-state index in [1.54, 1.807) is 0 Å². The van der Waals surface area contributed by atoms with Crippen LogP contribution < -0.4 is 4.90 Å². The normalized spacial score (nSPS) is 23.0. The van der Waals surface area contributed by atoms with Crippen molar-refractivity contribution in [1.29, 1.82) is 0 Å². The number of carbonyl (C=O) groups excluding carboxylic acids is 1. The van der Waals surface area contributed by atoms with Crippen molar-refractivity contribution >= 4 is 17.1 Å². The molecule has 0 radical (unpaired) electrons. The van der Waals surface area contributed by atoms with Gasteiger partial charge >= 0.3 is 0 Å². The Bertz CT molecular complexity index is 1400. The van der Waals surface area contributed by atoms with Crippen LogP contribution in [0.1, 0.15) is 52.0 Å². The van der Waals surface area contributed by atoms with E-state index in [0.717, 1.165) is 93.0 Å². The maximum atomic E-state index is 12.9. The molecule has 9 nitrogen and oxygen atoms in total. The Hall–Kier alpha value is -3.48. The summed E-state index contributed by atoms with van der Waals surface area (Å²) in [4.78, 5) is 28.5. The van der Waals surface area contributed by atoms with E-state index in [1.165, 1.54) is 0 Å². The molecule has 6 rings (SSSR count). The first-order valence-electron chi connectivity index (χ1n) is 15.2. The summed E-state index contributed by atoms with van der Waals surface area (Å²) >= 11 is 0. The predicted octanol–water partition coefficient (Wildman–Crippen LogP) is 4.52. The molecule has 1 saturated carbocycles. The van der Waals surface area contributed by atoms with E-state index in [-0.39, 0.29) is 23.5 Å². The lowest BCUT2D eigenvalue weighted by atomic mass is 9.79. The van der Waals surface area contributed by atoms with Crippen molar-refractivity contribution < 1.29 is 9.53 Å². The van der Waals surface area contributed by atoms with Gasteiger partial charge in [0.1, 0.15) is 0 Å². The average molecular weight is 557 g/mol. The molecule has 3 aliphatic rings. The Morgan fingerprint density at radius 2 is 1.88 bits per heavy atom. The van der Waals surface area contributed by atoms with Crippen LogP contribution in [0.25, 0.3) is 21.6 Å². The lowest BCUT2D eigenvalue weighted by Gasteiger charge is -2.43. The van der Waals surface area contributed by atoms with Crippen LogP contribution >= 0.6 is 0 Å². The summed E-state index contributed by atoms with van der Waals surface area (Å²) in [5.74, 6) is 0.329. The van der Waals surface area contributed by atoms with Gasteiger partial charge in [-0.15, -0.1) is 0 Å². The molecule has 1 amide bonds. The molecule has 0 aromatic carbocycles. The third kappa shape index (κ3) is 5.31. The molecule has 2 saturated heterocycles. The van der Waals surface area contributed by atoms with E-state index >= 15 is 0 Å². The van der Waals surface area contributed by atoms with Crippen LogP contribution in [0, 0.1) is 12.5 Å². The number of carbonyl (C=O) groups is 1. The number of piperidine rings is 1. The molecule has 3 aromatic rings. The van der Waals surface area contributed by atoms with Crippen LogP contribution in [0.4, 0.5) is 5.69 Å². The second-order valence-corrected chi connectivity index (χ2v) is 12.0. The topological polar surface area (TPSA) is 70.6 Å². The zero-order valence-corrected chi connectivity index (χ0v) is 24.6. The van der Waals surface area contributed by atoms with Crippen molar-refractivity contribution in [1.82, 2.24) is 24.4 Å². The van der Waals surface area contributed by atoms with Gasteiger partial charge in [-0.2, -0.15) is 5.10 Å². The molecule has 3 fully saturated rings. The highest BCUT2D eigenvalue weighted by Crippen LogP contribution is 2.38. The van der Waals surface area contributed by atoms with Gasteiger partial charge in [0.15, 0.2) is 0 Å². The number of aromatic nitrogens is 3. The molecule has 9 heteroatoms.